The van der Waals surface area contributed by atoms with Crippen molar-refractivity contribution in [2.24, 2.45) is 0 Å². The van der Waals surface area contributed by atoms with E-state index in [1.165, 1.54) is 0 Å². The number of fused-ring (bicyclic) bond motifs is 6. The van der Waals surface area contributed by atoms with Crippen LogP contribution in [0.15, 0.2) is 492 Å². The molecule has 0 saturated carbocycles. The maximum Gasteiger partial charge on any atom is 0.0780 e. The average molecular weight is 1690 g/mol. The number of hydrogen-bond donors (Lipinski definition) is 0. The van der Waals surface area contributed by atoms with E-state index in [2.05, 4.69) is 404 Å². The summed E-state index contributed by atoms with van der Waals surface area (Å²) < 4.78 is 0. The van der Waals surface area contributed by atoms with Crippen LogP contribution in [-0.2, 0) is 0 Å². The Morgan fingerprint density at radius 1 is 0.129 bits per heavy atom. The fourth-order valence-electron chi connectivity index (χ4n) is 17.8. The molecule has 0 spiro atoms. The van der Waals surface area contributed by atoms with Gasteiger partial charge in [0.05, 0.1) is 68.0 Å². The maximum atomic E-state index is 5.13. The lowest BCUT2D eigenvalue weighted by Crippen LogP contribution is -1.94. The van der Waals surface area contributed by atoms with Gasteiger partial charge in [0.1, 0.15) is 0 Å². The molecule has 0 radical (unpaired) electrons. The molecule has 0 fully saturated rings. The summed E-state index contributed by atoms with van der Waals surface area (Å²) in [6.07, 6.45) is 11.5. The van der Waals surface area contributed by atoms with Crippen LogP contribution in [0.5, 0.6) is 0 Å². The zero-order chi connectivity index (χ0) is 87.9. The minimum absolute atomic E-state index is 0.924. The van der Waals surface area contributed by atoms with Crippen LogP contribution in [0, 0.1) is 0 Å². The normalized spacial score (nSPS) is 11.2. The van der Waals surface area contributed by atoms with E-state index in [1.54, 1.807) is 0 Å². The van der Waals surface area contributed by atoms with Crippen LogP contribution in [-0.4, -0.2) is 44.9 Å². The third-order valence-corrected chi connectivity index (χ3v) is 24.4. The summed E-state index contributed by atoms with van der Waals surface area (Å²) in [5.41, 5.74) is 33.1. The van der Waals surface area contributed by atoms with Gasteiger partial charge in [-0.05, 0) is 217 Å². The highest BCUT2D eigenvalue weighted by atomic mass is 14.7. The van der Waals surface area contributed by atoms with Gasteiger partial charge in [-0.3, -0.25) is 29.9 Å². The van der Waals surface area contributed by atoms with Crippen LogP contribution < -0.4 is 0 Å². The number of nitrogens with zero attached hydrogens (tertiary/aromatic N) is 9. The van der Waals surface area contributed by atoms with E-state index in [1.807, 2.05) is 97.8 Å². The van der Waals surface area contributed by atoms with Gasteiger partial charge in [0, 0.05) is 125 Å². The van der Waals surface area contributed by atoms with E-state index in [0.29, 0.717) is 0 Å². The van der Waals surface area contributed by atoms with Crippen LogP contribution in [0.25, 0.3) is 233 Å². The molecule has 0 N–H and O–H groups in total. The zero-order valence-corrected chi connectivity index (χ0v) is 71.8. The highest BCUT2D eigenvalue weighted by Gasteiger charge is 2.21. The second-order valence-electron chi connectivity index (χ2n) is 32.8. The van der Waals surface area contributed by atoms with Crippen molar-refractivity contribution < 1.29 is 0 Å². The van der Waals surface area contributed by atoms with E-state index >= 15 is 0 Å². The summed E-state index contributed by atoms with van der Waals surface area (Å²) in [6, 6.07) is 159. The Labute approximate surface area is 764 Å². The third-order valence-electron chi connectivity index (χ3n) is 24.4. The number of para-hydroxylation sites is 2. The number of pyridine rings is 9. The van der Waals surface area contributed by atoms with Crippen molar-refractivity contribution in [3.63, 3.8) is 0 Å². The minimum atomic E-state index is 0.924. The molecular weight excluding hydrogens is 1600 g/mol. The van der Waals surface area contributed by atoms with Crippen LogP contribution >= 0.6 is 0 Å². The Kier molecular flexibility index (Phi) is 22.0. The van der Waals surface area contributed by atoms with Gasteiger partial charge in [-0.15, -0.1) is 0 Å². The Balaban J connectivity index is 0.000000116. The molecule has 0 aliphatic heterocycles. The average Bonchev–Trinajstić information content (AvgIpc) is 0.770. The first-order chi connectivity index (χ1) is 65.4. The van der Waals surface area contributed by atoms with Crippen molar-refractivity contribution in [1.29, 1.82) is 0 Å². The minimum Gasteiger partial charge on any atom is -0.256 e. The first kappa shape index (κ1) is 80.1. The van der Waals surface area contributed by atoms with Gasteiger partial charge >= 0.3 is 0 Å². The maximum absolute atomic E-state index is 5.13. The molecule has 24 aromatic rings. The molecule has 9 heterocycles. The predicted octanol–water partition coefficient (Wildman–Crippen LogP) is 31.5. The SMILES string of the molecule is c1ccc(-c2cc(-c3cc(-c4cc5ccccc5cn4)cc(-c4cc5ccccc5cn4)c3)cc(-c3ccccc3)n2)cc1.c1ccc(-c2cc(-c3cc(-c4ccnc5ccccc45)cc(-c4ccnc5ccccc45)c3)cc(-c3ccccc3)n2)cc1.c1ccc(-c2cc(-c3cc(-c4nccc5ccccc45)cc(-c4nccc5ccccc45)c3)cc(-c3ccccc3)n2)cc1. The molecule has 0 saturated heterocycles. The van der Waals surface area contributed by atoms with Crippen molar-refractivity contribution in [2.75, 3.05) is 0 Å². The van der Waals surface area contributed by atoms with E-state index in [4.69, 9.17) is 34.9 Å². The summed E-state index contributed by atoms with van der Waals surface area (Å²) >= 11 is 0. The number of rotatable bonds is 15. The summed E-state index contributed by atoms with van der Waals surface area (Å²) in [5.74, 6) is 0. The molecule has 24 rings (SSSR count). The van der Waals surface area contributed by atoms with Crippen LogP contribution in [0.3, 0.4) is 0 Å². The molecule has 0 aliphatic carbocycles. The van der Waals surface area contributed by atoms with Crippen molar-refractivity contribution in [3.05, 3.63) is 492 Å². The van der Waals surface area contributed by atoms with E-state index < -0.39 is 0 Å². The topological polar surface area (TPSA) is 116 Å². The second-order valence-corrected chi connectivity index (χ2v) is 32.8. The highest BCUT2D eigenvalue weighted by Crippen LogP contribution is 2.44. The fraction of sp³-hybridized carbons (Fsp3) is 0. The molecule has 9 heteroatoms. The van der Waals surface area contributed by atoms with Gasteiger partial charge in [0.25, 0.3) is 0 Å². The first-order valence-electron chi connectivity index (χ1n) is 44.3. The van der Waals surface area contributed by atoms with Crippen molar-refractivity contribution in [1.82, 2.24) is 44.9 Å². The monoisotopic (exact) mass is 1680 g/mol. The highest BCUT2D eigenvalue weighted by molar-refractivity contribution is 6.03. The molecule has 618 valence electrons. The Morgan fingerprint density at radius 2 is 0.371 bits per heavy atom. The number of benzene rings is 15. The van der Waals surface area contributed by atoms with Gasteiger partial charge in [-0.1, -0.05) is 315 Å². The fourth-order valence-corrected chi connectivity index (χ4v) is 17.8. The molecule has 132 heavy (non-hydrogen) atoms. The van der Waals surface area contributed by atoms with Gasteiger partial charge in [0.2, 0.25) is 0 Å². The second kappa shape index (κ2) is 36.3. The standard InChI is InChI=1S/3C41H27N3/c1-3-13-30(14-4-1)38-26-33(27-39(44-38)31-15-5-2-6-16-31)32-23-34(40-36-17-9-7-11-28(36)19-21-42-40)25-35(24-32)41-37-18-10-8-12-29(37)20-22-43-41;1-3-11-28(12-4-1)40-24-35(25-41(44-40)29-13-5-2-6-14-29)34-19-36(38-22-30-15-7-9-17-32(30)26-42-38)21-37(20-34)39-23-31-16-8-10-18-33(31)27-43-39;1-3-11-28(12-4-1)40-26-31(27-41(44-40)29-13-5-2-6-14-29)30-23-32(34-19-21-42-38-17-9-7-15-36(34)38)25-33(24-30)35-20-22-43-39-18-10-8-16-37(35)39/h3*1-27H. The largest absolute Gasteiger partial charge is 0.256 e. The van der Waals surface area contributed by atoms with Gasteiger partial charge < -0.3 is 0 Å². The van der Waals surface area contributed by atoms with Crippen LogP contribution in [0.2, 0.25) is 0 Å². The molecule has 9 aromatic heterocycles. The van der Waals surface area contributed by atoms with Crippen molar-refractivity contribution in [3.8, 4) is 168 Å². The summed E-state index contributed by atoms with van der Waals surface area (Å²) in [5, 5.41) is 11.4. The summed E-state index contributed by atoms with van der Waals surface area (Å²) in [7, 11) is 0. The molecule has 0 atom stereocenters. The van der Waals surface area contributed by atoms with E-state index in [9.17, 15) is 0 Å². The van der Waals surface area contributed by atoms with E-state index in [0.717, 1.165) is 233 Å². The van der Waals surface area contributed by atoms with Crippen LogP contribution in [0.1, 0.15) is 0 Å². The molecule has 0 unspecified atom stereocenters. The zero-order valence-electron chi connectivity index (χ0n) is 71.8. The van der Waals surface area contributed by atoms with Gasteiger partial charge in [-0.2, -0.15) is 0 Å². The Hall–Kier alpha value is -17.8. The molecule has 0 aliphatic rings. The first-order valence-corrected chi connectivity index (χ1v) is 44.3. The van der Waals surface area contributed by atoms with E-state index in [-0.39, 0.29) is 0 Å². The van der Waals surface area contributed by atoms with Crippen LogP contribution in [0.4, 0.5) is 0 Å². The number of hydrogen-bond acceptors (Lipinski definition) is 9. The predicted molar refractivity (Wildman–Crippen MR) is 546 cm³/mol. The lowest BCUT2D eigenvalue weighted by Gasteiger charge is -2.15. The quantitative estimate of drug-likeness (QED) is 0.0989. The lowest BCUT2D eigenvalue weighted by atomic mass is 9.90. The summed E-state index contributed by atoms with van der Waals surface area (Å²) in [4.78, 5) is 44.2. The van der Waals surface area contributed by atoms with Gasteiger partial charge in [-0.25, -0.2) is 15.0 Å². The van der Waals surface area contributed by atoms with Crippen molar-refractivity contribution in [2.45, 2.75) is 0 Å². The lowest BCUT2D eigenvalue weighted by molar-refractivity contribution is 1.32. The molecule has 15 aromatic carbocycles. The smallest absolute Gasteiger partial charge is 0.0780 e. The molecule has 0 bridgehead atoms. The Bertz CT molecular complexity index is 7570. The summed E-state index contributed by atoms with van der Waals surface area (Å²) in [6.45, 7) is 0. The number of aromatic nitrogens is 9. The Morgan fingerprint density at radius 3 is 0.712 bits per heavy atom. The molecular formula is C123H81N9. The third kappa shape index (κ3) is 16.9. The molecule has 9 nitrogen and oxygen atoms in total. The van der Waals surface area contributed by atoms with Gasteiger partial charge in [0.15, 0.2) is 0 Å². The molecule has 0 amide bonds. The van der Waals surface area contributed by atoms with Crippen molar-refractivity contribution >= 4 is 64.9 Å².